The van der Waals surface area contributed by atoms with Gasteiger partial charge in [0.2, 0.25) is 0 Å². The lowest BCUT2D eigenvalue weighted by atomic mass is 10.1. The molecular formula is C14H17N3S. The fourth-order valence-electron chi connectivity index (χ4n) is 2.25. The minimum atomic E-state index is 0.836. The zero-order chi connectivity index (χ0) is 12.5. The van der Waals surface area contributed by atoms with E-state index >= 15 is 0 Å². The summed E-state index contributed by atoms with van der Waals surface area (Å²) in [6.45, 7) is 4.31. The maximum Gasteiger partial charge on any atom is 0.185 e. The first-order valence-corrected chi connectivity index (χ1v) is 7.19. The van der Waals surface area contributed by atoms with E-state index in [1.54, 1.807) is 11.3 Å². The van der Waals surface area contributed by atoms with Crippen LogP contribution in [0.1, 0.15) is 18.4 Å². The fraction of sp³-hybridized carbons (Fsp3) is 0.357. The van der Waals surface area contributed by atoms with Crippen LogP contribution in [-0.4, -0.2) is 18.1 Å². The van der Waals surface area contributed by atoms with Crippen LogP contribution in [0, 0.1) is 6.92 Å². The van der Waals surface area contributed by atoms with E-state index in [0.717, 1.165) is 40.7 Å². The molecule has 1 aliphatic heterocycles. The smallest absolute Gasteiger partial charge is 0.185 e. The van der Waals surface area contributed by atoms with E-state index in [0.29, 0.717) is 0 Å². The summed E-state index contributed by atoms with van der Waals surface area (Å²) in [5.74, 6) is 0. The number of aryl methyl sites for hydroxylation is 1. The first kappa shape index (κ1) is 11.5. The van der Waals surface area contributed by atoms with Crippen LogP contribution >= 0.6 is 11.3 Å². The Kier molecular flexibility index (Phi) is 2.96. The molecule has 94 valence electrons. The predicted molar refractivity (Wildman–Crippen MR) is 78.1 cm³/mol. The summed E-state index contributed by atoms with van der Waals surface area (Å²) in [6.07, 6.45) is 2.57. The lowest BCUT2D eigenvalue weighted by Crippen LogP contribution is -2.17. The molecule has 2 N–H and O–H groups in total. The highest BCUT2D eigenvalue weighted by molar-refractivity contribution is 7.14. The molecule has 3 nitrogen and oxygen atoms in total. The molecule has 1 aliphatic rings. The van der Waals surface area contributed by atoms with Crippen LogP contribution in [0.2, 0.25) is 0 Å². The van der Waals surface area contributed by atoms with E-state index in [1.807, 2.05) is 13.0 Å². The molecule has 0 spiro atoms. The van der Waals surface area contributed by atoms with Gasteiger partial charge in [-0.3, -0.25) is 0 Å². The Labute approximate surface area is 111 Å². The summed E-state index contributed by atoms with van der Waals surface area (Å²) < 4.78 is 0. The quantitative estimate of drug-likeness (QED) is 0.841. The predicted octanol–water partition coefficient (Wildman–Crippen LogP) is 3.30. The van der Waals surface area contributed by atoms with Crippen LogP contribution in [-0.2, 0) is 0 Å². The molecule has 2 aromatic rings. The summed E-state index contributed by atoms with van der Waals surface area (Å²) in [4.78, 5) is 7.09. The summed E-state index contributed by atoms with van der Waals surface area (Å²) in [5.41, 5.74) is 10.1. The minimum Gasteiger partial charge on any atom is -0.398 e. The van der Waals surface area contributed by atoms with Crippen LogP contribution in [0.5, 0.6) is 0 Å². The van der Waals surface area contributed by atoms with Crippen LogP contribution in [0.15, 0.2) is 23.6 Å². The van der Waals surface area contributed by atoms with Gasteiger partial charge in [-0.2, -0.15) is 0 Å². The maximum absolute atomic E-state index is 5.95. The van der Waals surface area contributed by atoms with Gasteiger partial charge in [0.15, 0.2) is 5.13 Å². The lowest BCUT2D eigenvalue weighted by molar-refractivity contribution is 0.949. The Morgan fingerprint density at radius 3 is 2.78 bits per heavy atom. The second kappa shape index (κ2) is 4.61. The van der Waals surface area contributed by atoms with E-state index < -0.39 is 0 Å². The number of aromatic nitrogens is 1. The van der Waals surface area contributed by atoms with Crippen molar-refractivity contribution in [2.24, 2.45) is 0 Å². The molecule has 2 heterocycles. The van der Waals surface area contributed by atoms with Gasteiger partial charge in [0, 0.05) is 29.7 Å². The van der Waals surface area contributed by atoms with Crippen LogP contribution < -0.4 is 10.6 Å². The first-order valence-electron chi connectivity index (χ1n) is 6.31. The van der Waals surface area contributed by atoms with Crippen molar-refractivity contribution in [3.8, 4) is 11.3 Å². The SMILES string of the molecule is Cc1ccc(-c2csc(N3CCCC3)n2)cc1N. The van der Waals surface area contributed by atoms with Gasteiger partial charge < -0.3 is 10.6 Å². The molecule has 1 saturated heterocycles. The van der Waals surface area contributed by atoms with Gasteiger partial charge >= 0.3 is 0 Å². The average molecular weight is 259 g/mol. The van der Waals surface area contributed by atoms with Gasteiger partial charge in [-0.25, -0.2) is 4.98 Å². The van der Waals surface area contributed by atoms with Crippen molar-refractivity contribution in [2.45, 2.75) is 19.8 Å². The van der Waals surface area contributed by atoms with Gasteiger partial charge in [0.25, 0.3) is 0 Å². The molecule has 0 bridgehead atoms. The zero-order valence-electron chi connectivity index (χ0n) is 10.5. The molecule has 0 radical (unpaired) electrons. The highest BCUT2D eigenvalue weighted by Gasteiger charge is 2.16. The van der Waals surface area contributed by atoms with E-state index in [1.165, 1.54) is 12.8 Å². The third-order valence-corrected chi connectivity index (χ3v) is 4.35. The molecule has 4 heteroatoms. The Morgan fingerprint density at radius 1 is 1.28 bits per heavy atom. The second-order valence-corrected chi connectivity index (χ2v) is 5.62. The summed E-state index contributed by atoms with van der Waals surface area (Å²) in [7, 11) is 0. The first-order chi connectivity index (χ1) is 8.74. The molecule has 0 saturated carbocycles. The molecule has 0 aliphatic carbocycles. The number of benzene rings is 1. The number of hydrogen-bond acceptors (Lipinski definition) is 4. The largest absolute Gasteiger partial charge is 0.398 e. The standard InChI is InChI=1S/C14H17N3S/c1-10-4-5-11(8-12(10)15)13-9-18-14(16-13)17-6-2-3-7-17/h4-5,8-9H,2-3,6-7,15H2,1H3. The van der Waals surface area contributed by atoms with Crippen molar-refractivity contribution in [2.75, 3.05) is 23.7 Å². The highest BCUT2D eigenvalue weighted by Crippen LogP contribution is 2.30. The van der Waals surface area contributed by atoms with E-state index in [-0.39, 0.29) is 0 Å². The molecule has 1 fully saturated rings. The third-order valence-electron chi connectivity index (χ3n) is 3.44. The van der Waals surface area contributed by atoms with Gasteiger partial charge in [-0.05, 0) is 31.4 Å². The molecule has 3 rings (SSSR count). The zero-order valence-corrected chi connectivity index (χ0v) is 11.3. The highest BCUT2D eigenvalue weighted by atomic mass is 32.1. The van der Waals surface area contributed by atoms with Crippen LogP contribution in [0.4, 0.5) is 10.8 Å². The van der Waals surface area contributed by atoms with Gasteiger partial charge in [-0.15, -0.1) is 11.3 Å². The number of hydrogen-bond donors (Lipinski definition) is 1. The number of nitrogens with two attached hydrogens (primary N) is 1. The van der Waals surface area contributed by atoms with Gasteiger partial charge in [-0.1, -0.05) is 12.1 Å². The minimum absolute atomic E-state index is 0.836. The molecule has 1 aromatic carbocycles. The fourth-order valence-corrected chi connectivity index (χ4v) is 3.14. The molecule has 0 amide bonds. The summed E-state index contributed by atoms with van der Waals surface area (Å²) in [5, 5.41) is 3.26. The number of rotatable bonds is 2. The molecule has 18 heavy (non-hydrogen) atoms. The normalized spacial score (nSPS) is 15.3. The van der Waals surface area contributed by atoms with Crippen molar-refractivity contribution in [1.82, 2.24) is 4.98 Å². The average Bonchev–Trinajstić information content (AvgIpc) is 3.01. The maximum atomic E-state index is 5.95. The topological polar surface area (TPSA) is 42.2 Å². The summed E-state index contributed by atoms with van der Waals surface area (Å²) in [6, 6.07) is 6.16. The van der Waals surface area contributed by atoms with Gasteiger partial charge in [0.1, 0.15) is 0 Å². The van der Waals surface area contributed by atoms with Crippen molar-refractivity contribution in [1.29, 1.82) is 0 Å². The van der Waals surface area contributed by atoms with E-state index in [4.69, 9.17) is 10.7 Å². The molecule has 1 aromatic heterocycles. The molecule has 0 atom stereocenters. The van der Waals surface area contributed by atoms with Crippen LogP contribution in [0.25, 0.3) is 11.3 Å². The van der Waals surface area contributed by atoms with Gasteiger partial charge in [0.05, 0.1) is 5.69 Å². The van der Waals surface area contributed by atoms with Crippen molar-refractivity contribution in [3.05, 3.63) is 29.1 Å². The third kappa shape index (κ3) is 2.08. The van der Waals surface area contributed by atoms with E-state index in [9.17, 15) is 0 Å². The summed E-state index contributed by atoms with van der Waals surface area (Å²) >= 11 is 1.73. The lowest BCUT2D eigenvalue weighted by Gasteiger charge is -2.12. The Balaban J connectivity index is 1.89. The van der Waals surface area contributed by atoms with Crippen molar-refractivity contribution >= 4 is 22.2 Å². The van der Waals surface area contributed by atoms with Crippen molar-refractivity contribution < 1.29 is 0 Å². The Bertz CT molecular complexity index is 556. The van der Waals surface area contributed by atoms with Crippen molar-refractivity contribution in [3.63, 3.8) is 0 Å². The Morgan fingerprint density at radius 2 is 2.06 bits per heavy atom. The second-order valence-electron chi connectivity index (χ2n) is 4.78. The number of thiazole rings is 1. The molecule has 0 unspecified atom stereocenters. The Hall–Kier alpha value is -1.55. The molecular weight excluding hydrogens is 242 g/mol. The number of nitrogen functional groups attached to an aromatic ring is 1. The van der Waals surface area contributed by atoms with E-state index in [2.05, 4.69) is 22.4 Å². The number of anilines is 2. The van der Waals surface area contributed by atoms with Crippen LogP contribution in [0.3, 0.4) is 0 Å². The monoisotopic (exact) mass is 259 g/mol. The number of nitrogens with zero attached hydrogens (tertiary/aromatic N) is 2.